The van der Waals surface area contributed by atoms with Gasteiger partial charge in [0, 0.05) is 10.6 Å². The first kappa shape index (κ1) is 22.9. The van der Waals surface area contributed by atoms with Gasteiger partial charge >= 0.3 is 5.97 Å². The summed E-state index contributed by atoms with van der Waals surface area (Å²) in [7, 11) is 4.41. The van der Waals surface area contributed by atoms with Crippen LogP contribution in [0.3, 0.4) is 0 Å². The van der Waals surface area contributed by atoms with Crippen LogP contribution in [0.4, 0.5) is 0 Å². The second-order valence-corrected chi connectivity index (χ2v) is 7.02. The van der Waals surface area contributed by atoms with E-state index in [0.717, 1.165) is 0 Å². The Labute approximate surface area is 190 Å². The molecule has 0 amide bonds. The van der Waals surface area contributed by atoms with Gasteiger partial charge in [0.1, 0.15) is 5.75 Å². The molecule has 0 N–H and O–H groups in total. The summed E-state index contributed by atoms with van der Waals surface area (Å²) in [5.74, 6) is 0.630. The molecule has 164 valence electrons. The molecule has 3 rings (SSSR count). The lowest BCUT2D eigenvalue weighted by atomic mass is 10.1. The van der Waals surface area contributed by atoms with Gasteiger partial charge in [-0.2, -0.15) is 0 Å². The van der Waals surface area contributed by atoms with E-state index in [-0.39, 0.29) is 11.3 Å². The Morgan fingerprint density at radius 3 is 2.06 bits per heavy atom. The van der Waals surface area contributed by atoms with Gasteiger partial charge in [-0.25, -0.2) is 4.79 Å². The number of ketones is 1. The van der Waals surface area contributed by atoms with E-state index in [1.165, 1.54) is 39.5 Å². The molecule has 0 aliphatic heterocycles. The summed E-state index contributed by atoms with van der Waals surface area (Å²) in [6.07, 6.45) is 3.09. The standard InChI is InChI=1S/C25H21ClO6/c1-29-22-14-18(15-23(30-2)24(22)31-3)25(28)32-20-6-4-5-16(13-20)7-12-21(27)17-8-10-19(26)11-9-17/h4-15H,1-3H3/b12-7+. The molecule has 7 heteroatoms. The Morgan fingerprint density at radius 2 is 1.47 bits per heavy atom. The molecule has 3 aromatic carbocycles. The number of carbonyl (C=O) groups excluding carboxylic acids is 2. The Balaban J connectivity index is 1.76. The molecule has 0 heterocycles. The van der Waals surface area contributed by atoms with E-state index in [1.807, 2.05) is 0 Å². The fraction of sp³-hybridized carbons (Fsp3) is 0.120. The largest absolute Gasteiger partial charge is 0.493 e. The second-order valence-electron chi connectivity index (χ2n) is 6.58. The van der Waals surface area contributed by atoms with Crippen molar-refractivity contribution in [1.82, 2.24) is 0 Å². The summed E-state index contributed by atoms with van der Waals surface area (Å²) < 4.78 is 21.3. The van der Waals surface area contributed by atoms with E-state index in [2.05, 4.69) is 0 Å². The molecule has 0 atom stereocenters. The highest BCUT2D eigenvalue weighted by Gasteiger charge is 2.18. The fourth-order valence-corrected chi connectivity index (χ4v) is 3.05. The fourth-order valence-electron chi connectivity index (χ4n) is 2.93. The van der Waals surface area contributed by atoms with Crippen LogP contribution in [0.15, 0.2) is 66.7 Å². The molecule has 0 bridgehead atoms. The molecule has 0 saturated carbocycles. The van der Waals surface area contributed by atoms with Crippen molar-refractivity contribution in [3.63, 3.8) is 0 Å². The van der Waals surface area contributed by atoms with Crippen molar-refractivity contribution in [2.24, 2.45) is 0 Å². The molecule has 32 heavy (non-hydrogen) atoms. The van der Waals surface area contributed by atoms with Crippen molar-refractivity contribution >= 4 is 29.4 Å². The molecule has 0 radical (unpaired) electrons. The monoisotopic (exact) mass is 452 g/mol. The zero-order valence-electron chi connectivity index (χ0n) is 17.8. The molecule has 0 fully saturated rings. The van der Waals surface area contributed by atoms with Gasteiger partial charge in [0.15, 0.2) is 17.3 Å². The van der Waals surface area contributed by atoms with E-state index in [4.69, 9.17) is 30.5 Å². The highest BCUT2D eigenvalue weighted by molar-refractivity contribution is 6.30. The molecule has 0 aliphatic carbocycles. The zero-order chi connectivity index (χ0) is 23.1. The lowest BCUT2D eigenvalue weighted by Gasteiger charge is -2.13. The third-order valence-corrected chi connectivity index (χ3v) is 4.78. The predicted octanol–water partition coefficient (Wildman–Crippen LogP) is 5.48. The number of hydrogen-bond acceptors (Lipinski definition) is 6. The van der Waals surface area contributed by atoms with Crippen molar-refractivity contribution in [3.8, 4) is 23.0 Å². The van der Waals surface area contributed by atoms with Gasteiger partial charge in [-0.05, 0) is 60.2 Å². The lowest BCUT2D eigenvalue weighted by molar-refractivity contribution is 0.0733. The van der Waals surface area contributed by atoms with E-state index in [1.54, 1.807) is 54.6 Å². The zero-order valence-corrected chi connectivity index (χ0v) is 18.5. The van der Waals surface area contributed by atoms with Crippen LogP contribution < -0.4 is 18.9 Å². The van der Waals surface area contributed by atoms with Crippen LogP contribution in [0.5, 0.6) is 23.0 Å². The van der Waals surface area contributed by atoms with E-state index in [0.29, 0.717) is 39.1 Å². The van der Waals surface area contributed by atoms with Crippen LogP contribution in [-0.4, -0.2) is 33.1 Å². The quantitative estimate of drug-likeness (QED) is 0.195. The van der Waals surface area contributed by atoms with Crippen molar-refractivity contribution in [2.45, 2.75) is 0 Å². The third-order valence-electron chi connectivity index (χ3n) is 4.52. The smallest absolute Gasteiger partial charge is 0.343 e. The molecule has 0 spiro atoms. The van der Waals surface area contributed by atoms with Crippen LogP contribution >= 0.6 is 11.6 Å². The first-order valence-electron chi connectivity index (χ1n) is 9.55. The summed E-state index contributed by atoms with van der Waals surface area (Å²) in [5, 5.41) is 0.562. The van der Waals surface area contributed by atoms with E-state index in [9.17, 15) is 9.59 Å². The molecule has 3 aromatic rings. The number of esters is 1. The average Bonchev–Trinajstić information content (AvgIpc) is 2.82. The van der Waals surface area contributed by atoms with Gasteiger partial charge < -0.3 is 18.9 Å². The van der Waals surface area contributed by atoms with Crippen LogP contribution in [0.25, 0.3) is 6.08 Å². The maximum absolute atomic E-state index is 12.7. The number of benzene rings is 3. The topological polar surface area (TPSA) is 71.1 Å². The van der Waals surface area contributed by atoms with Crippen LogP contribution in [0, 0.1) is 0 Å². The molecule has 0 saturated heterocycles. The first-order valence-corrected chi connectivity index (χ1v) is 9.93. The number of rotatable bonds is 8. The summed E-state index contributed by atoms with van der Waals surface area (Å²) in [6.45, 7) is 0. The van der Waals surface area contributed by atoms with Crippen molar-refractivity contribution < 1.29 is 28.5 Å². The van der Waals surface area contributed by atoms with Crippen molar-refractivity contribution in [3.05, 3.63) is 88.5 Å². The molecule has 0 aliphatic rings. The van der Waals surface area contributed by atoms with E-state index >= 15 is 0 Å². The second kappa shape index (κ2) is 10.5. The minimum absolute atomic E-state index is 0.165. The number of allylic oxidation sites excluding steroid dienone is 1. The number of methoxy groups -OCH3 is 3. The van der Waals surface area contributed by atoms with Gasteiger partial charge in [-0.3, -0.25) is 4.79 Å². The Hall–Kier alpha value is -3.77. The van der Waals surface area contributed by atoms with Crippen LogP contribution in [0.2, 0.25) is 5.02 Å². The van der Waals surface area contributed by atoms with Crippen molar-refractivity contribution in [1.29, 1.82) is 0 Å². The lowest BCUT2D eigenvalue weighted by Crippen LogP contribution is -2.09. The SMILES string of the molecule is COc1cc(C(=O)Oc2cccc(/C=C/C(=O)c3ccc(Cl)cc3)c2)cc(OC)c1OC. The predicted molar refractivity (Wildman–Crippen MR) is 122 cm³/mol. The minimum Gasteiger partial charge on any atom is -0.493 e. The summed E-state index contributed by atoms with van der Waals surface area (Å²) in [6, 6.07) is 16.5. The molecule has 6 nitrogen and oxygen atoms in total. The Morgan fingerprint density at radius 1 is 0.812 bits per heavy atom. The first-order chi connectivity index (χ1) is 15.4. The van der Waals surface area contributed by atoms with Gasteiger partial charge in [0.05, 0.1) is 26.9 Å². The van der Waals surface area contributed by atoms with E-state index < -0.39 is 5.97 Å². The third kappa shape index (κ3) is 5.47. The molecule has 0 unspecified atom stereocenters. The summed E-state index contributed by atoms with van der Waals surface area (Å²) in [5.41, 5.74) is 1.46. The number of ether oxygens (including phenoxy) is 4. The van der Waals surface area contributed by atoms with Crippen LogP contribution in [0.1, 0.15) is 26.3 Å². The number of carbonyl (C=O) groups is 2. The highest BCUT2D eigenvalue weighted by Crippen LogP contribution is 2.38. The Bertz CT molecular complexity index is 1130. The maximum Gasteiger partial charge on any atom is 0.343 e. The number of hydrogen-bond donors (Lipinski definition) is 0. The average molecular weight is 453 g/mol. The normalized spacial score (nSPS) is 10.6. The van der Waals surface area contributed by atoms with Gasteiger partial charge in [0.2, 0.25) is 5.75 Å². The summed E-state index contributed by atoms with van der Waals surface area (Å²) in [4.78, 5) is 25.0. The Kier molecular flexibility index (Phi) is 7.52. The highest BCUT2D eigenvalue weighted by atomic mass is 35.5. The minimum atomic E-state index is -0.595. The number of halogens is 1. The maximum atomic E-state index is 12.7. The van der Waals surface area contributed by atoms with Crippen molar-refractivity contribution in [2.75, 3.05) is 21.3 Å². The molecular formula is C25H21ClO6. The van der Waals surface area contributed by atoms with Gasteiger partial charge in [-0.1, -0.05) is 29.8 Å². The molecule has 0 aromatic heterocycles. The summed E-state index contributed by atoms with van der Waals surface area (Å²) >= 11 is 5.85. The molecular weight excluding hydrogens is 432 g/mol. The van der Waals surface area contributed by atoms with Gasteiger partial charge in [-0.15, -0.1) is 0 Å². The van der Waals surface area contributed by atoms with Gasteiger partial charge in [0.25, 0.3) is 0 Å². The van der Waals surface area contributed by atoms with Crippen LogP contribution in [-0.2, 0) is 0 Å².